The molecule has 0 aliphatic carbocycles. The zero-order valence-corrected chi connectivity index (χ0v) is 19.3. The number of unbranched alkanes of at least 4 members (excludes halogenated alkanes) is 6. The van der Waals surface area contributed by atoms with Crippen LogP contribution in [-0.2, 0) is 14.4 Å². The monoisotopic (exact) mass is 454 g/mol. The van der Waals surface area contributed by atoms with Gasteiger partial charge >= 0.3 is 6.03 Å². The lowest BCUT2D eigenvalue weighted by atomic mass is 10.0. The van der Waals surface area contributed by atoms with E-state index < -0.39 is 0 Å². The topological polar surface area (TPSA) is 116 Å². The minimum Gasteiger partial charge on any atom is -0.356 e. The average Bonchev–Trinajstić information content (AvgIpc) is 3.29. The van der Waals surface area contributed by atoms with E-state index in [1.54, 1.807) is 0 Å². The van der Waals surface area contributed by atoms with E-state index >= 15 is 0 Å². The van der Waals surface area contributed by atoms with Gasteiger partial charge in [0, 0.05) is 43.4 Å². The van der Waals surface area contributed by atoms with Crippen LogP contribution in [0.2, 0.25) is 0 Å². The van der Waals surface area contributed by atoms with Crippen LogP contribution in [0.3, 0.4) is 0 Å². The van der Waals surface area contributed by atoms with Crippen molar-refractivity contribution >= 4 is 35.9 Å². The number of nitrogens with one attached hydrogen (secondary N) is 4. The molecule has 8 nitrogen and oxygen atoms in total. The van der Waals surface area contributed by atoms with E-state index in [9.17, 15) is 19.2 Å². The van der Waals surface area contributed by atoms with Crippen LogP contribution in [0.25, 0.3) is 0 Å². The number of fused-ring (bicyclic) bond motifs is 1. The number of rotatable bonds is 17. The Balaban J connectivity index is 1.36. The molecule has 0 saturated carbocycles. The van der Waals surface area contributed by atoms with Crippen LogP contribution in [0.1, 0.15) is 77.0 Å². The van der Waals surface area contributed by atoms with Crippen molar-refractivity contribution in [2.75, 3.05) is 18.8 Å². The van der Waals surface area contributed by atoms with Gasteiger partial charge < -0.3 is 26.1 Å². The van der Waals surface area contributed by atoms with Gasteiger partial charge in [0.1, 0.15) is 6.29 Å². The predicted octanol–water partition coefficient (Wildman–Crippen LogP) is 2.26. The highest BCUT2D eigenvalue weighted by Crippen LogP contribution is 2.33. The highest BCUT2D eigenvalue weighted by atomic mass is 32.2. The summed E-state index contributed by atoms with van der Waals surface area (Å²) in [6.07, 6.45) is 10.9. The summed E-state index contributed by atoms with van der Waals surface area (Å²) in [7, 11) is 0. The summed E-state index contributed by atoms with van der Waals surface area (Å²) in [5.74, 6) is 1.15. The Labute approximate surface area is 189 Å². The van der Waals surface area contributed by atoms with E-state index in [2.05, 4.69) is 21.3 Å². The number of aldehydes is 1. The van der Waals surface area contributed by atoms with Gasteiger partial charge in [-0.05, 0) is 38.5 Å². The zero-order valence-electron chi connectivity index (χ0n) is 18.5. The summed E-state index contributed by atoms with van der Waals surface area (Å²) in [6.45, 7) is 1.34. The molecule has 2 aliphatic rings. The van der Waals surface area contributed by atoms with Crippen molar-refractivity contribution in [2.45, 2.75) is 94.4 Å². The third-order valence-corrected chi connectivity index (χ3v) is 7.31. The first-order valence-electron chi connectivity index (χ1n) is 11.8. The van der Waals surface area contributed by atoms with Gasteiger partial charge in [-0.15, -0.1) is 0 Å². The summed E-state index contributed by atoms with van der Waals surface area (Å²) in [5, 5.41) is 12.3. The van der Waals surface area contributed by atoms with Gasteiger partial charge in [-0.2, -0.15) is 11.8 Å². The Bertz CT molecular complexity index is 590. The summed E-state index contributed by atoms with van der Waals surface area (Å²) in [4.78, 5) is 45.3. The first kappa shape index (κ1) is 25.5. The molecule has 4 N–H and O–H groups in total. The van der Waals surface area contributed by atoms with Gasteiger partial charge in [0.2, 0.25) is 11.8 Å². The van der Waals surface area contributed by atoms with Crippen molar-refractivity contribution in [2.24, 2.45) is 0 Å². The van der Waals surface area contributed by atoms with E-state index in [1.165, 1.54) is 0 Å². The zero-order chi connectivity index (χ0) is 22.3. The third-order valence-electron chi connectivity index (χ3n) is 5.80. The molecule has 2 saturated heterocycles. The van der Waals surface area contributed by atoms with Gasteiger partial charge in [0.25, 0.3) is 0 Å². The summed E-state index contributed by atoms with van der Waals surface area (Å²) in [5.41, 5.74) is 0. The van der Waals surface area contributed by atoms with Crippen LogP contribution in [-0.4, -0.2) is 60.3 Å². The van der Waals surface area contributed by atoms with E-state index in [4.69, 9.17) is 0 Å². The SMILES string of the molecule is O=CCCCCCNC(=O)CCCCCNC(=O)CCCCC1SC[C@@H]2NC(=O)N[C@H]12. The molecule has 1 unspecified atom stereocenters. The quantitative estimate of drug-likeness (QED) is 0.153. The molecular weight excluding hydrogens is 416 g/mol. The number of hydrogen-bond donors (Lipinski definition) is 4. The fourth-order valence-electron chi connectivity index (χ4n) is 4.02. The maximum absolute atomic E-state index is 12.0. The standard InChI is InChI=1S/C22H38N4O4S/c27-15-9-2-1-7-13-23-19(28)11-4-3-8-14-24-20(29)12-6-5-10-18-21-17(16-31-18)25-22(30)26-21/h15,17-18,21H,1-14,16H2,(H,23,28)(H,24,29)(H2,25,26,30)/t17-,18?,21-/m0/s1. The number of hydrogen-bond acceptors (Lipinski definition) is 5. The molecule has 0 aromatic rings. The number of carbonyl (C=O) groups is 4. The molecular formula is C22H38N4O4S. The Kier molecular flexibility index (Phi) is 12.4. The van der Waals surface area contributed by atoms with Crippen molar-refractivity contribution in [3.8, 4) is 0 Å². The second kappa shape index (κ2) is 15.1. The largest absolute Gasteiger partial charge is 0.356 e. The molecule has 31 heavy (non-hydrogen) atoms. The van der Waals surface area contributed by atoms with Crippen molar-refractivity contribution in [1.82, 2.24) is 21.3 Å². The molecule has 2 rings (SSSR count). The fraction of sp³-hybridized carbons (Fsp3) is 0.818. The highest BCUT2D eigenvalue weighted by molar-refractivity contribution is 8.00. The molecule has 2 heterocycles. The minimum absolute atomic E-state index is 0.0530. The van der Waals surface area contributed by atoms with Crippen LogP contribution >= 0.6 is 11.8 Å². The summed E-state index contributed by atoms with van der Waals surface area (Å²) in [6, 6.07) is 0.445. The number of amides is 4. The lowest BCUT2D eigenvalue weighted by molar-refractivity contribution is -0.122. The van der Waals surface area contributed by atoms with Crippen LogP contribution in [0.15, 0.2) is 0 Å². The first-order valence-corrected chi connectivity index (χ1v) is 12.8. The van der Waals surface area contributed by atoms with Crippen molar-refractivity contribution in [3.05, 3.63) is 0 Å². The van der Waals surface area contributed by atoms with Crippen molar-refractivity contribution < 1.29 is 19.2 Å². The van der Waals surface area contributed by atoms with Crippen molar-refractivity contribution in [3.63, 3.8) is 0 Å². The normalized spacial score (nSPS) is 21.8. The van der Waals surface area contributed by atoms with Gasteiger partial charge in [-0.3, -0.25) is 9.59 Å². The molecule has 0 bridgehead atoms. The van der Waals surface area contributed by atoms with E-state index in [1.807, 2.05) is 11.8 Å². The van der Waals surface area contributed by atoms with Crippen LogP contribution < -0.4 is 21.3 Å². The molecule has 2 aliphatic heterocycles. The third kappa shape index (κ3) is 10.4. The fourth-order valence-corrected chi connectivity index (χ4v) is 5.57. The van der Waals surface area contributed by atoms with Crippen LogP contribution in [0.5, 0.6) is 0 Å². The minimum atomic E-state index is -0.0530. The Morgan fingerprint density at radius 1 is 0.903 bits per heavy atom. The lowest BCUT2D eigenvalue weighted by Gasteiger charge is -2.16. The molecule has 9 heteroatoms. The number of carbonyl (C=O) groups excluding carboxylic acids is 4. The van der Waals surface area contributed by atoms with E-state index in [0.717, 1.165) is 69.8 Å². The van der Waals surface area contributed by atoms with Gasteiger partial charge in [-0.25, -0.2) is 4.79 Å². The maximum Gasteiger partial charge on any atom is 0.315 e. The number of thioether (sulfide) groups is 1. The van der Waals surface area contributed by atoms with Gasteiger partial charge in [0.05, 0.1) is 12.1 Å². The molecule has 0 radical (unpaired) electrons. The molecule has 0 aromatic heterocycles. The second-order valence-electron chi connectivity index (χ2n) is 8.39. The molecule has 0 spiro atoms. The molecule has 176 valence electrons. The van der Waals surface area contributed by atoms with Crippen LogP contribution in [0.4, 0.5) is 4.79 Å². The van der Waals surface area contributed by atoms with E-state index in [0.29, 0.717) is 37.6 Å². The van der Waals surface area contributed by atoms with Gasteiger partial charge in [-0.1, -0.05) is 19.3 Å². The molecule has 4 amide bonds. The average molecular weight is 455 g/mol. The van der Waals surface area contributed by atoms with Gasteiger partial charge in [0.15, 0.2) is 0 Å². The Morgan fingerprint density at radius 2 is 1.55 bits per heavy atom. The smallest absolute Gasteiger partial charge is 0.315 e. The summed E-state index contributed by atoms with van der Waals surface area (Å²) < 4.78 is 0. The maximum atomic E-state index is 12.0. The Morgan fingerprint density at radius 3 is 2.23 bits per heavy atom. The second-order valence-corrected chi connectivity index (χ2v) is 9.67. The summed E-state index contributed by atoms with van der Waals surface area (Å²) >= 11 is 1.91. The molecule has 3 atom stereocenters. The van der Waals surface area contributed by atoms with Crippen LogP contribution in [0, 0.1) is 0 Å². The van der Waals surface area contributed by atoms with E-state index in [-0.39, 0.29) is 29.9 Å². The Hall–Kier alpha value is -1.77. The predicted molar refractivity (Wildman–Crippen MR) is 123 cm³/mol. The number of urea groups is 1. The lowest BCUT2D eigenvalue weighted by Crippen LogP contribution is -2.36. The highest BCUT2D eigenvalue weighted by Gasteiger charge is 2.42. The molecule has 0 aromatic carbocycles. The van der Waals surface area contributed by atoms with Crippen molar-refractivity contribution in [1.29, 1.82) is 0 Å². The first-order chi connectivity index (χ1) is 15.1. The molecule has 2 fully saturated rings.